The van der Waals surface area contributed by atoms with Crippen LogP contribution in [0.2, 0.25) is 0 Å². The summed E-state index contributed by atoms with van der Waals surface area (Å²) in [6.45, 7) is 0.687. The van der Waals surface area contributed by atoms with Gasteiger partial charge in [0.25, 0.3) is 0 Å². The van der Waals surface area contributed by atoms with Crippen molar-refractivity contribution in [2.45, 2.75) is 25.7 Å². The maximum atomic E-state index is 5.81. The van der Waals surface area contributed by atoms with Gasteiger partial charge in [-0.15, -0.1) is 0 Å². The van der Waals surface area contributed by atoms with E-state index in [1.165, 1.54) is 29.6 Å². The number of ether oxygens (including phenoxy) is 1. The highest BCUT2D eigenvalue weighted by atomic mass is 16.5. The van der Waals surface area contributed by atoms with Gasteiger partial charge in [-0.2, -0.15) is 0 Å². The zero-order valence-electron chi connectivity index (χ0n) is 9.83. The lowest BCUT2D eigenvalue weighted by Crippen LogP contribution is -2.09. The molecule has 1 aliphatic rings. The third-order valence-corrected chi connectivity index (χ3v) is 3.25. The minimum Gasteiger partial charge on any atom is -0.497 e. The molecular formula is C14H19NO. The van der Waals surface area contributed by atoms with Gasteiger partial charge in [-0.05, 0) is 49.0 Å². The summed E-state index contributed by atoms with van der Waals surface area (Å²) < 4.78 is 5.26. The number of nitrogens with two attached hydrogens (primary N) is 1. The Labute approximate surface area is 97.1 Å². The highest BCUT2D eigenvalue weighted by Gasteiger charge is 2.13. The zero-order valence-corrected chi connectivity index (χ0v) is 9.83. The molecule has 1 aromatic rings. The molecule has 86 valence electrons. The number of rotatable bonds is 3. The van der Waals surface area contributed by atoms with Crippen molar-refractivity contribution < 1.29 is 4.74 Å². The monoisotopic (exact) mass is 217 g/mol. The highest BCUT2D eigenvalue weighted by Crippen LogP contribution is 2.32. The Morgan fingerprint density at radius 3 is 2.81 bits per heavy atom. The van der Waals surface area contributed by atoms with Crippen LogP contribution in [0.1, 0.15) is 31.2 Å². The summed E-state index contributed by atoms with van der Waals surface area (Å²) in [5.41, 5.74) is 9.94. The topological polar surface area (TPSA) is 35.2 Å². The molecule has 0 atom stereocenters. The predicted molar refractivity (Wildman–Crippen MR) is 67.4 cm³/mol. The maximum Gasteiger partial charge on any atom is 0.119 e. The van der Waals surface area contributed by atoms with E-state index in [-0.39, 0.29) is 0 Å². The molecule has 0 saturated carbocycles. The molecule has 16 heavy (non-hydrogen) atoms. The van der Waals surface area contributed by atoms with Gasteiger partial charge < -0.3 is 10.5 Å². The minimum atomic E-state index is 0.687. The molecule has 2 nitrogen and oxygen atoms in total. The molecule has 2 N–H and O–H groups in total. The van der Waals surface area contributed by atoms with Gasteiger partial charge in [-0.3, -0.25) is 0 Å². The quantitative estimate of drug-likeness (QED) is 0.844. The first kappa shape index (κ1) is 11.2. The van der Waals surface area contributed by atoms with Crippen molar-refractivity contribution in [1.82, 2.24) is 0 Å². The van der Waals surface area contributed by atoms with Crippen LogP contribution in [0.5, 0.6) is 5.75 Å². The first-order chi connectivity index (χ1) is 7.85. The van der Waals surface area contributed by atoms with Crippen molar-refractivity contribution in [2.75, 3.05) is 13.7 Å². The third kappa shape index (κ3) is 2.27. The van der Waals surface area contributed by atoms with Crippen LogP contribution in [0.25, 0.3) is 5.57 Å². The lowest BCUT2D eigenvalue weighted by molar-refractivity contribution is 0.414. The number of methoxy groups -OCH3 is 1. The van der Waals surface area contributed by atoms with Gasteiger partial charge in [0.15, 0.2) is 0 Å². The van der Waals surface area contributed by atoms with Gasteiger partial charge in [0, 0.05) is 6.54 Å². The van der Waals surface area contributed by atoms with E-state index >= 15 is 0 Å². The molecule has 0 bridgehead atoms. The second kappa shape index (κ2) is 5.17. The molecule has 0 aromatic heterocycles. The molecule has 0 saturated heterocycles. The van der Waals surface area contributed by atoms with E-state index in [4.69, 9.17) is 10.5 Å². The summed E-state index contributed by atoms with van der Waals surface area (Å²) in [4.78, 5) is 0. The standard InChI is InChI=1S/C14H19NO/c1-16-13-7-4-6-11(9-13)14-8-3-2-5-12(14)10-15/h4,6-7,9H,2-3,5,8,10,15H2,1H3. The van der Waals surface area contributed by atoms with Crippen molar-refractivity contribution in [3.8, 4) is 5.75 Å². The molecular weight excluding hydrogens is 198 g/mol. The Kier molecular flexibility index (Phi) is 3.62. The zero-order chi connectivity index (χ0) is 11.4. The van der Waals surface area contributed by atoms with Crippen molar-refractivity contribution in [2.24, 2.45) is 5.73 Å². The van der Waals surface area contributed by atoms with E-state index in [1.54, 1.807) is 7.11 Å². The van der Waals surface area contributed by atoms with Gasteiger partial charge in [0.05, 0.1) is 7.11 Å². The number of allylic oxidation sites excluding steroid dienone is 1. The molecule has 0 fully saturated rings. The maximum absolute atomic E-state index is 5.81. The Hall–Kier alpha value is -1.28. The van der Waals surface area contributed by atoms with E-state index < -0.39 is 0 Å². The van der Waals surface area contributed by atoms with Gasteiger partial charge >= 0.3 is 0 Å². The van der Waals surface area contributed by atoms with Crippen LogP contribution < -0.4 is 10.5 Å². The van der Waals surface area contributed by atoms with Crippen LogP contribution in [-0.2, 0) is 0 Å². The van der Waals surface area contributed by atoms with E-state index in [2.05, 4.69) is 12.1 Å². The first-order valence-corrected chi connectivity index (χ1v) is 5.90. The van der Waals surface area contributed by atoms with Crippen LogP contribution >= 0.6 is 0 Å². The molecule has 0 unspecified atom stereocenters. The Morgan fingerprint density at radius 1 is 1.25 bits per heavy atom. The fraction of sp³-hybridized carbons (Fsp3) is 0.429. The van der Waals surface area contributed by atoms with Crippen LogP contribution in [0, 0.1) is 0 Å². The first-order valence-electron chi connectivity index (χ1n) is 5.90. The summed E-state index contributed by atoms with van der Waals surface area (Å²) in [5.74, 6) is 0.923. The largest absolute Gasteiger partial charge is 0.497 e. The summed E-state index contributed by atoms with van der Waals surface area (Å²) in [6, 6.07) is 8.29. The second-order valence-electron chi connectivity index (χ2n) is 4.23. The summed E-state index contributed by atoms with van der Waals surface area (Å²) in [6.07, 6.45) is 4.86. The number of hydrogen-bond acceptors (Lipinski definition) is 2. The summed E-state index contributed by atoms with van der Waals surface area (Å²) in [5, 5.41) is 0. The molecule has 0 radical (unpaired) electrons. The fourth-order valence-electron chi connectivity index (χ4n) is 2.35. The lowest BCUT2D eigenvalue weighted by Gasteiger charge is -2.20. The van der Waals surface area contributed by atoms with Crippen molar-refractivity contribution in [3.05, 3.63) is 35.4 Å². The lowest BCUT2D eigenvalue weighted by atomic mass is 9.87. The summed E-state index contributed by atoms with van der Waals surface area (Å²) >= 11 is 0. The third-order valence-electron chi connectivity index (χ3n) is 3.25. The van der Waals surface area contributed by atoms with Gasteiger partial charge in [-0.25, -0.2) is 0 Å². The molecule has 1 aliphatic carbocycles. The van der Waals surface area contributed by atoms with Gasteiger partial charge in [-0.1, -0.05) is 17.7 Å². The molecule has 0 aliphatic heterocycles. The van der Waals surface area contributed by atoms with E-state index in [0.29, 0.717) is 6.54 Å². The Balaban J connectivity index is 2.37. The van der Waals surface area contributed by atoms with Crippen molar-refractivity contribution in [1.29, 1.82) is 0 Å². The highest BCUT2D eigenvalue weighted by molar-refractivity contribution is 5.70. The molecule has 0 amide bonds. The minimum absolute atomic E-state index is 0.687. The Bertz CT molecular complexity index is 395. The van der Waals surface area contributed by atoms with Crippen LogP contribution in [0.15, 0.2) is 29.8 Å². The molecule has 2 heteroatoms. The normalized spacial score (nSPS) is 16.4. The van der Waals surface area contributed by atoms with E-state index in [9.17, 15) is 0 Å². The number of benzene rings is 1. The van der Waals surface area contributed by atoms with Gasteiger partial charge in [0.2, 0.25) is 0 Å². The fourth-order valence-corrected chi connectivity index (χ4v) is 2.35. The molecule has 1 aromatic carbocycles. The van der Waals surface area contributed by atoms with Gasteiger partial charge in [0.1, 0.15) is 5.75 Å². The molecule has 0 heterocycles. The average Bonchev–Trinajstić information content (AvgIpc) is 2.38. The summed E-state index contributed by atoms with van der Waals surface area (Å²) in [7, 11) is 1.71. The van der Waals surface area contributed by atoms with Crippen LogP contribution in [-0.4, -0.2) is 13.7 Å². The van der Waals surface area contributed by atoms with Crippen LogP contribution in [0.4, 0.5) is 0 Å². The van der Waals surface area contributed by atoms with Crippen molar-refractivity contribution in [3.63, 3.8) is 0 Å². The average molecular weight is 217 g/mol. The molecule has 2 rings (SSSR count). The predicted octanol–water partition coefficient (Wildman–Crippen LogP) is 2.98. The number of hydrogen-bond donors (Lipinski definition) is 1. The van der Waals surface area contributed by atoms with E-state index in [0.717, 1.165) is 18.6 Å². The van der Waals surface area contributed by atoms with E-state index in [1.807, 2.05) is 12.1 Å². The Morgan fingerprint density at radius 2 is 2.06 bits per heavy atom. The second-order valence-corrected chi connectivity index (χ2v) is 4.23. The SMILES string of the molecule is COc1cccc(C2=C(CN)CCCC2)c1. The molecule has 0 spiro atoms. The van der Waals surface area contributed by atoms with Crippen LogP contribution in [0.3, 0.4) is 0 Å². The van der Waals surface area contributed by atoms with Crippen molar-refractivity contribution >= 4 is 5.57 Å². The smallest absolute Gasteiger partial charge is 0.119 e.